The summed E-state index contributed by atoms with van der Waals surface area (Å²) in [5, 5.41) is 18.8. The molecule has 0 aromatic heterocycles. The number of phenolic OH excluding ortho intramolecular Hbond substituents is 1. The van der Waals surface area contributed by atoms with E-state index in [0.29, 0.717) is 6.42 Å². The number of rotatable bonds is 2. The van der Waals surface area contributed by atoms with Crippen molar-refractivity contribution in [2.75, 3.05) is 0 Å². The van der Waals surface area contributed by atoms with E-state index in [1.807, 2.05) is 13.0 Å². The average molecular weight is 180 g/mol. The van der Waals surface area contributed by atoms with Crippen LogP contribution in [0.2, 0.25) is 0 Å². The van der Waals surface area contributed by atoms with Crippen LogP contribution in [-0.2, 0) is 6.42 Å². The van der Waals surface area contributed by atoms with Gasteiger partial charge in [0.1, 0.15) is 5.75 Å². The average Bonchev–Trinajstić information content (AvgIpc) is 1.93. The highest BCUT2D eigenvalue weighted by molar-refractivity contribution is 5.34. The zero-order valence-electron chi connectivity index (χ0n) is 8.33. The van der Waals surface area contributed by atoms with Crippen molar-refractivity contribution in [2.45, 2.75) is 32.8 Å². The summed E-state index contributed by atoms with van der Waals surface area (Å²) in [6, 6.07) is 5.21. The lowest BCUT2D eigenvalue weighted by molar-refractivity contribution is 0.0808. The van der Waals surface area contributed by atoms with Crippen molar-refractivity contribution in [1.82, 2.24) is 0 Å². The Hall–Kier alpha value is -1.02. The maximum absolute atomic E-state index is 9.60. The third-order valence-corrected chi connectivity index (χ3v) is 1.95. The molecule has 0 fully saturated rings. The van der Waals surface area contributed by atoms with Gasteiger partial charge in [0.25, 0.3) is 0 Å². The van der Waals surface area contributed by atoms with E-state index in [2.05, 4.69) is 0 Å². The number of benzene rings is 1. The Labute approximate surface area is 78.8 Å². The highest BCUT2D eigenvalue weighted by atomic mass is 16.3. The molecule has 1 aromatic carbocycles. The molecular weight excluding hydrogens is 164 g/mol. The number of aromatic hydroxyl groups is 1. The molecule has 2 N–H and O–H groups in total. The van der Waals surface area contributed by atoms with Crippen molar-refractivity contribution in [2.24, 2.45) is 0 Å². The first-order chi connectivity index (χ1) is 5.88. The van der Waals surface area contributed by atoms with Crippen LogP contribution in [0.4, 0.5) is 0 Å². The summed E-state index contributed by atoms with van der Waals surface area (Å²) in [4.78, 5) is 0. The fourth-order valence-corrected chi connectivity index (χ4v) is 1.34. The lowest BCUT2D eigenvalue weighted by atomic mass is 9.95. The van der Waals surface area contributed by atoms with Gasteiger partial charge in [-0.2, -0.15) is 0 Å². The summed E-state index contributed by atoms with van der Waals surface area (Å²) in [5.41, 5.74) is 1.40. The first-order valence-electron chi connectivity index (χ1n) is 4.39. The summed E-state index contributed by atoms with van der Waals surface area (Å²) >= 11 is 0. The molecule has 13 heavy (non-hydrogen) atoms. The van der Waals surface area contributed by atoms with Crippen molar-refractivity contribution in [3.8, 4) is 5.75 Å². The van der Waals surface area contributed by atoms with Crippen LogP contribution in [0.3, 0.4) is 0 Å². The maximum atomic E-state index is 9.60. The van der Waals surface area contributed by atoms with Gasteiger partial charge in [-0.05, 0) is 44.0 Å². The second-order valence-corrected chi connectivity index (χ2v) is 4.10. The third-order valence-electron chi connectivity index (χ3n) is 1.95. The molecule has 0 heterocycles. The molecule has 0 radical (unpaired) electrons. The van der Waals surface area contributed by atoms with Crippen molar-refractivity contribution in [1.29, 1.82) is 0 Å². The Morgan fingerprint density at radius 2 is 1.92 bits per heavy atom. The minimum Gasteiger partial charge on any atom is -0.508 e. The minimum absolute atomic E-state index is 0.275. The number of phenols is 1. The Balaban J connectivity index is 2.90. The summed E-state index contributed by atoms with van der Waals surface area (Å²) in [6.07, 6.45) is 0.610. The Morgan fingerprint density at radius 3 is 2.38 bits per heavy atom. The largest absolute Gasteiger partial charge is 0.508 e. The number of aliphatic hydroxyl groups is 1. The van der Waals surface area contributed by atoms with Crippen molar-refractivity contribution in [3.05, 3.63) is 29.3 Å². The minimum atomic E-state index is -0.693. The topological polar surface area (TPSA) is 40.5 Å². The van der Waals surface area contributed by atoms with Crippen molar-refractivity contribution < 1.29 is 10.2 Å². The predicted molar refractivity (Wildman–Crippen MR) is 52.8 cm³/mol. The van der Waals surface area contributed by atoms with Crippen LogP contribution in [0.1, 0.15) is 25.0 Å². The molecule has 0 bridgehead atoms. The molecule has 72 valence electrons. The summed E-state index contributed by atoms with van der Waals surface area (Å²) in [7, 11) is 0. The van der Waals surface area contributed by atoms with Gasteiger partial charge in [0, 0.05) is 6.42 Å². The van der Waals surface area contributed by atoms with E-state index in [9.17, 15) is 10.2 Å². The van der Waals surface area contributed by atoms with Gasteiger partial charge in [-0.3, -0.25) is 0 Å². The van der Waals surface area contributed by atoms with E-state index < -0.39 is 5.60 Å². The second kappa shape index (κ2) is 3.38. The molecule has 0 atom stereocenters. The number of hydrogen-bond acceptors (Lipinski definition) is 2. The van der Waals surface area contributed by atoms with Gasteiger partial charge in [0.05, 0.1) is 5.60 Å². The monoisotopic (exact) mass is 180 g/mol. The van der Waals surface area contributed by atoms with Crippen molar-refractivity contribution >= 4 is 0 Å². The molecule has 0 aliphatic heterocycles. The van der Waals surface area contributed by atoms with Crippen LogP contribution >= 0.6 is 0 Å². The van der Waals surface area contributed by atoms with Crippen LogP contribution in [0.25, 0.3) is 0 Å². The van der Waals surface area contributed by atoms with Gasteiger partial charge in [-0.25, -0.2) is 0 Å². The second-order valence-electron chi connectivity index (χ2n) is 4.10. The van der Waals surface area contributed by atoms with Gasteiger partial charge in [-0.1, -0.05) is 6.07 Å². The Morgan fingerprint density at radius 1 is 1.31 bits per heavy atom. The van der Waals surface area contributed by atoms with Gasteiger partial charge >= 0.3 is 0 Å². The number of hydrogen-bond donors (Lipinski definition) is 2. The smallest absolute Gasteiger partial charge is 0.115 e. The lowest BCUT2D eigenvalue weighted by Gasteiger charge is -2.18. The predicted octanol–water partition coefficient (Wildman–Crippen LogP) is 2.01. The summed E-state index contributed by atoms with van der Waals surface area (Å²) < 4.78 is 0. The fourth-order valence-electron chi connectivity index (χ4n) is 1.34. The molecule has 2 nitrogen and oxygen atoms in total. The van der Waals surface area contributed by atoms with Crippen LogP contribution in [0.15, 0.2) is 18.2 Å². The van der Waals surface area contributed by atoms with E-state index >= 15 is 0 Å². The molecule has 1 rings (SSSR count). The zero-order chi connectivity index (χ0) is 10.1. The van der Waals surface area contributed by atoms with Gasteiger partial charge < -0.3 is 10.2 Å². The van der Waals surface area contributed by atoms with Crippen LogP contribution in [0.5, 0.6) is 5.75 Å². The molecule has 0 spiro atoms. The highest BCUT2D eigenvalue weighted by Crippen LogP contribution is 2.20. The first-order valence-corrected chi connectivity index (χ1v) is 4.39. The molecule has 2 heteroatoms. The van der Waals surface area contributed by atoms with Gasteiger partial charge in [0.2, 0.25) is 0 Å². The lowest BCUT2D eigenvalue weighted by Crippen LogP contribution is -2.22. The normalized spacial score (nSPS) is 11.7. The molecule has 0 amide bonds. The molecule has 1 aromatic rings. The zero-order valence-corrected chi connectivity index (χ0v) is 8.33. The molecule has 0 aliphatic rings. The molecule has 0 unspecified atom stereocenters. The maximum Gasteiger partial charge on any atom is 0.115 e. The van der Waals surface area contributed by atoms with Gasteiger partial charge in [-0.15, -0.1) is 0 Å². The SMILES string of the molecule is Cc1cc(O)ccc1CC(C)(C)O. The molecule has 0 saturated carbocycles. The molecule has 0 aliphatic carbocycles. The van der Waals surface area contributed by atoms with Crippen LogP contribution < -0.4 is 0 Å². The van der Waals surface area contributed by atoms with Crippen molar-refractivity contribution in [3.63, 3.8) is 0 Å². The van der Waals surface area contributed by atoms with E-state index in [1.54, 1.807) is 26.0 Å². The third kappa shape index (κ3) is 3.07. The number of aryl methyl sites for hydroxylation is 1. The van der Waals surface area contributed by atoms with E-state index in [4.69, 9.17) is 0 Å². The standard InChI is InChI=1S/C11H16O2/c1-8-6-10(12)5-4-9(8)7-11(2,3)13/h4-6,12-13H,7H2,1-3H3. The summed E-state index contributed by atoms with van der Waals surface area (Å²) in [6.45, 7) is 5.49. The van der Waals surface area contributed by atoms with E-state index in [1.165, 1.54) is 0 Å². The Bertz CT molecular complexity index is 297. The summed E-state index contributed by atoms with van der Waals surface area (Å²) in [5.74, 6) is 0.275. The van der Waals surface area contributed by atoms with Gasteiger partial charge in [0.15, 0.2) is 0 Å². The molecular formula is C11H16O2. The first kappa shape index (κ1) is 10.1. The van der Waals surface area contributed by atoms with E-state index in [0.717, 1.165) is 11.1 Å². The quantitative estimate of drug-likeness (QED) is 0.731. The highest BCUT2D eigenvalue weighted by Gasteiger charge is 2.14. The fraction of sp³-hybridized carbons (Fsp3) is 0.455. The van der Waals surface area contributed by atoms with Crippen LogP contribution in [0, 0.1) is 6.92 Å². The van der Waals surface area contributed by atoms with Crippen LogP contribution in [-0.4, -0.2) is 15.8 Å². The molecule has 0 saturated heterocycles. The van der Waals surface area contributed by atoms with E-state index in [-0.39, 0.29) is 5.75 Å². The Kier molecular flexibility index (Phi) is 2.62.